The Morgan fingerprint density at radius 2 is 1.33 bits per heavy atom. The number of piperidine rings is 1. The largest absolute Gasteiger partial charge is 0.339 e. The van der Waals surface area contributed by atoms with E-state index in [1.807, 2.05) is 0 Å². The van der Waals surface area contributed by atoms with Crippen LogP contribution in [0.3, 0.4) is 0 Å². The van der Waals surface area contributed by atoms with Gasteiger partial charge in [-0.3, -0.25) is 0 Å². The summed E-state index contributed by atoms with van der Waals surface area (Å²) in [4.78, 5) is 1.71. The summed E-state index contributed by atoms with van der Waals surface area (Å²) in [6, 6.07) is 33.6. The molecule has 1 saturated heterocycles. The number of hydrogen-bond donors (Lipinski definition) is 2. The monoisotopic (exact) mass is 358 g/mol. The lowest BCUT2D eigenvalue weighted by Crippen LogP contribution is -3.14. The highest BCUT2D eigenvalue weighted by Crippen LogP contribution is 2.20. The fourth-order valence-corrected chi connectivity index (χ4v) is 4.43. The van der Waals surface area contributed by atoms with Crippen molar-refractivity contribution < 1.29 is 10.2 Å². The van der Waals surface area contributed by atoms with Gasteiger partial charge in [-0.05, 0) is 5.56 Å². The van der Waals surface area contributed by atoms with Crippen molar-refractivity contribution in [2.45, 2.75) is 31.5 Å². The lowest BCUT2D eigenvalue weighted by atomic mass is 9.85. The molecule has 0 aromatic heterocycles. The maximum absolute atomic E-state index is 2.58. The van der Waals surface area contributed by atoms with Crippen LogP contribution in [0.5, 0.6) is 0 Å². The van der Waals surface area contributed by atoms with Gasteiger partial charge in [-0.15, -0.1) is 0 Å². The van der Waals surface area contributed by atoms with Crippen LogP contribution in [-0.4, -0.2) is 19.1 Å². The fourth-order valence-electron chi connectivity index (χ4n) is 4.43. The van der Waals surface area contributed by atoms with Gasteiger partial charge in [0.25, 0.3) is 0 Å². The van der Waals surface area contributed by atoms with E-state index in [0.29, 0.717) is 12.0 Å². The quantitative estimate of drug-likeness (QED) is 0.675. The van der Waals surface area contributed by atoms with Crippen LogP contribution in [0, 0.1) is 0 Å². The zero-order valence-electron chi connectivity index (χ0n) is 15.9. The van der Waals surface area contributed by atoms with Crippen LogP contribution in [0.4, 0.5) is 0 Å². The molecule has 3 atom stereocenters. The van der Waals surface area contributed by atoms with Crippen molar-refractivity contribution in [3.8, 4) is 0 Å². The fraction of sp³-hybridized carbons (Fsp3) is 0.280. The zero-order chi connectivity index (χ0) is 18.3. The van der Waals surface area contributed by atoms with E-state index in [-0.39, 0.29) is 0 Å². The molecule has 3 aromatic rings. The molecule has 1 fully saturated rings. The Hall–Kier alpha value is -2.42. The molecule has 2 heteroatoms. The Kier molecular flexibility index (Phi) is 5.98. The summed E-state index contributed by atoms with van der Waals surface area (Å²) >= 11 is 0. The van der Waals surface area contributed by atoms with Crippen molar-refractivity contribution in [3.63, 3.8) is 0 Å². The molecule has 1 aliphatic heterocycles. The first-order chi connectivity index (χ1) is 13.4. The SMILES string of the molecule is c1ccc(C[NH2+][C@H]2CC[NH+](Cc3ccccc3)C[C@@H]2c2ccccc2)cc1. The minimum absolute atomic E-state index is 0.613. The molecule has 0 spiro atoms. The van der Waals surface area contributed by atoms with Crippen LogP contribution < -0.4 is 10.2 Å². The number of benzene rings is 3. The van der Waals surface area contributed by atoms with Crippen molar-refractivity contribution in [1.29, 1.82) is 0 Å². The first-order valence-corrected chi connectivity index (χ1v) is 10.2. The highest BCUT2D eigenvalue weighted by atomic mass is 15.1. The second-order valence-electron chi connectivity index (χ2n) is 7.76. The molecular formula is C25H30N2+2. The minimum atomic E-state index is 0.613. The molecule has 3 aromatic carbocycles. The van der Waals surface area contributed by atoms with Gasteiger partial charge in [-0.2, -0.15) is 0 Å². The van der Waals surface area contributed by atoms with Gasteiger partial charge in [0.05, 0.1) is 19.0 Å². The molecule has 1 heterocycles. The summed E-state index contributed by atoms with van der Waals surface area (Å²) in [5.74, 6) is 0.613. The summed E-state index contributed by atoms with van der Waals surface area (Å²) in [6.45, 7) is 4.68. The third kappa shape index (κ3) is 4.85. The molecule has 0 saturated carbocycles. The highest BCUT2D eigenvalue weighted by molar-refractivity contribution is 5.21. The van der Waals surface area contributed by atoms with Crippen molar-refractivity contribution in [2.24, 2.45) is 0 Å². The summed E-state index contributed by atoms with van der Waals surface area (Å²) in [5.41, 5.74) is 4.37. The minimum Gasteiger partial charge on any atom is -0.339 e. The van der Waals surface area contributed by atoms with E-state index in [4.69, 9.17) is 0 Å². The topological polar surface area (TPSA) is 21.1 Å². The third-order valence-corrected chi connectivity index (χ3v) is 5.88. The predicted molar refractivity (Wildman–Crippen MR) is 111 cm³/mol. The van der Waals surface area contributed by atoms with Crippen molar-refractivity contribution in [1.82, 2.24) is 0 Å². The average Bonchev–Trinajstić information content (AvgIpc) is 2.75. The van der Waals surface area contributed by atoms with Crippen molar-refractivity contribution in [2.75, 3.05) is 13.1 Å². The molecule has 3 N–H and O–H groups in total. The predicted octanol–water partition coefficient (Wildman–Crippen LogP) is 2.39. The van der Waals surface area contributed by atoms with Crippen molar-refractivity contribution in [3.05, 3.63) is 108 Å². The zero-order valence-corrected chi connectivity index (χ0v) is 15.9. The summed E-state index contributed by atoms with van der Waals surface area (Å²) in [7, 11) is 0. The lowest BCUT2D eigenvalue weighted by Gasteiger charge is -2.35. The first kappa shape index (κ1) is 18.0. The van der Waals surface area contributed by atoms with Crippen LogP contribution in [0.2, 0.25) is 0 Å². The molecule has 27 heavy (non-hydrogen) atoms. The van der Waals surface area contributed by atoms with Gasteiger partial charge < -0.3 is 10.2 Å². The summed E-state index contributed by atoms with van der Waals surface area (Å²) in [5, 5.41) is 2.58. The standard InChI is InChI=1S/C25H28N2/c1-4-10-21(11-5-1)18-26-25-16-17-27(19-22-12-6-2-7-13-22)20-24(25)23-14-8-3-9-15-23/h1-15,24-26H,16-20H2/p+2/t24-,25+/m1/s1. The number of likely N-dealkylation sites (tertiary alicyclic amines) is 1. The van der Waals surface area contributed by atoms with Gasteiger partial charge in [-0.25, -0.2) is 0 Å². The van der Waals surface area contributed by atoms with E-state index < -0.39 is 0 Å². The molecule has 0 radical (unpaired) electrons. The lowest BCUT2D eigenvalue weighted by molar-refractivity contribution is -0.928. The third-order valence-electron chi connectivity index (χ3n) is 5.88. The second-order valence-corrected chi connectivity index (χ2v) is 7.76. The highest BCUT2D eigenvalue weighted by Gasteiger charge is 2.35. The number of quaternary nitrogens is 2. The van der Waals surface area contributed by atoms with Gasteiger partial charge in [0.1, 0.15) is 19.1 Å². The number of hydrogen-bond acceptors (Lipinski definition) is 0. The molecule has 0 aliphatic carbocycles. The van der Waals surface area contributed by atoms with Gasteiger partial charge in [0.15, 0.2) is 0 Å². The van der Waals surface area contributed by atoms with E-state index in [1.165, 1.54) is 36.2 Å². The van der Waals surface area contributed by atoms with Gasteiger partial charge in [0, 0.05) is 17.5 Å². The van der Waals surface area contributed by atoms with Crippen LogP contribution in [0.25, 0.3) is 0 Å². The molecular weight excluding hydrogens is 328 g/mol. The van der Waals surface area contributed by atoms with Crippen LogP contribution >= 0.6 is 0 Å². The Labute approximate surface area is 162 Å². The van der Waals surface area contributed by atoms with Crippen LogP contribution in [0.15, 0.2) is 91.0 Å². The summed E-state index contributed by atoms with van der Waals surface area (Å²) in [6.07, 6.45) is 1.27. The van der Waals surface area contributed by atoms with E-state index in [0.717, 1.165) is 13.1 Å². The molecule has 1 unspecified atom stereocenters. The maximum atomic E-state index is 2.58. The Bertz CT molecular complexity index is 802. The van der Waals surface area contributed by atoms with Crippen molar-refractivity contribution >= 4 is 0 Å². The molecule has 1 aliphatic rings. The van der Waals surface area contributed by atoms with Crippen LogP contribution in [-0.2, 0) is 13.1 Å². The van der Waals surface area contributed by atoms with E-state index in [9.17, 15) is 0 Å². The summed E-state index contributed by atoms with van der Waals surface area (Å²) < 4.78 is 0. The first-order valence-electron chi connectivity index (χ1n) is 10.2. The van der Waals surface area contributed by atoms with Gasteiger partial charge in [0.2, 0.25) is 0 Å². The number of rotatable bonds is 6. The average molecular weight is 359 g/mol. The smallest absolute Gasteiger partial charge is 0.104 e. The van der Waals surface area contributed by atoms with E-state index >= 15 is 0 Å². The molecule has 2 nitrogen and oxygen atoms in total. The van der Waals surface area contributed by atoms with Gasteiger partial charge in [-0.1, -0.05) is 91.0 Å². The molecule has 0 bridgehead atoms. The second kappa shape index (κ2) is 8.98. The maximum Gasteiger partial charge on any atom is 0.104 e. The Morgan fingerprint density at radius 1 is 0.741 bits per heavy atom. The number of nitrogens with two attached hydrogens (primary N) is 1. The Balaban J connectivity index is 1.46. The molecule has 4 rings (SSSR count). The molecule has 138 valence electrons. The normalized spacial score (nSPS) is 22.4. The van der Waals surface area contributed by atoms with E-state index in [1.54, 1.807) is 4.90 Å². The van der Waals surface area contributed by atoms with Crippen LogP contribution in [0.1, 0.15) is 29.0 Å². The van der Waals surface area contributed by atoms with E-state index in [2.05, 4.69) is 96.3 Å². The van der Waals surface area contributed by atoms with Gasteiger partial charge >= 0.3 is 0 Å². The number of nitrogens with one attached hydrogen (secondary N) is 1. The Morgan fingerprint density at radius 3 is 2.00 bits per heavy atom. The molecule has 0 amide bonds.